The molecule has 0 fully saturated rings. The van der Waals surface area contributed by atoms with Crippen LogP contribution in [0.2, 0.25) is 5.02 Å². The van der Waals surface area contributed by atoms with Crippen LogP contribution in [0.4, 0.5) is 10.1 Å². The maximum absolute atomic E-state index is 13.3. The second kappa shape index (κ2) is 12.7. The average Bonchev–Trinajstić information content (AvgIpc) is 2.79. The van der Waals surface area contributed by atoms with E-state index in [4.69, 9.17) is 11.6 Å². The monoisotopic (exact) mass is 511 g/mol. The van der Waals surface area contributed by atoms with E-state index in [-0.39, 0.29) is 37.7 Å². The second-order valence-electron chi connectivity index (χ2n) is 8.03. The summed E-state index contributed by atoms with van der Waals surface area (Å²) in [4.78, 5) is 27.2. The van der Waals surface area contributed by atoms with E-state index < -0.39 is 21.9 Å². The quantitative estimate of drug-likeness (QED) is 0.467. The number of benzene rings is 2. The smallest absolute Gasteiger partial charge is 0.242 e. The summed E-state index contributed by atoms with van der Waals surface area (Å²) in [7, 11) is -3.63. The van der Waals surface area contributed by atoms with Crippen LogP contribution in [0.3, 0.4) is 0 Å². The van der Waals surface area contributed by atoms with Crippen molar-refractivity contribution in [3.05, 3.63) is 64.9 Å². The summed E-state index contributed by atoms with van der Waals surface area (Å²) in [5.41, 5.74) is 1.14. The number of nitrogens with one attached hydrogen (secondary N) is 1. The molecule has 0 aliphatic carbocycles. The third-order valence-corrected chi connectivity index (χ3v) is 6.70. The van der Waals surface area contributed by atoms with Gasteiger partial charge < -0.3 is 10.2 Å². The van der Waals surface area contributed by atoms with Crippen molar-refractivity contribution in [2.24, 2.45) is 0 Å². The van der Waals surface area contributed by atoms with Crippen molar-refractivity contribution in [3.8, 4) is 0 Å². The minimum Gasteiger partial charge on any atom is -0.354 e. The topological polar surface area (TPSA) is 86.8 Å². The van der Waals surface area contributed by atoms with E-state index in [0.29, 0.717) is 17.3 Å². The number of anilines is 1. The lowest BCUT2D eigenvalue weighted by Crippen LogP contribution is -2.47. The second-order valence-corrected chi connectivity index (χ2v) is 10.4. The molecule has 0 bridgehead atoms. The fourth-order valence-electron chi connectivity index (χ4n) is 3.38. The Hall–Kier alpha value is -2.65. The molecule has 2 rings (SSSR count). The summed E-state index contributed by atoms with van der Waals surface area (Å²) in [6.07, 6.45) is 2.09. The van der Waals surface area contributed by atoms with E-state index >= 15 is 0 Å². The molecule has 0 aliphatic rings. The van der Waals surface area contributed by atoms with Gasteiger partial charge in [0.1, 0.15) is 11.9 Å². The molecule has 7 nitrogen and oxygen atoms in total. The standard InChI is InChI=1S/C24H31ClFN3O4S/c1-4-15-27-24(31)18(2)28(17-19-7-9-20(25)10-8-19)23(30)6-5-16-29(34(3,32)33)22-13-11-21(26)12-14-22/h7-14,18H,4-6,15-17H2,1-3H3,(H,27,31). The number of carbonyl (C=O) groups is 2. The zero-order chi connectivity index (χ0) is 25.3. The van der Waals surface area contributed by atoms with Crippen molar-refractivity contribution in [1.29, 1.82) is 0 Å². The molecule has 34 heavy (non-hydrogen) atoms. The molecule has 186 valence electrons. The molecule has 0 aromatic heterocycles. The first-order chi connectivity index (χ1) is 16.0. The summed E-state index contributed by atoms with van der Waals surface area (Å²) < 4.78 is 38.9. The summed E-state index contributed by atoms with van der Waals surface area (Å²) in [5, 5.41) is 3.38. The molecule has 0 radical (unpaired) electrons. The van der Waals surface area contributed by atoms with Crippen LogP contribution < -0.4 is 9.62 Å². The Morgan fingerprint density at radius 1 is 1.09 bits per heavy atom. The van der Waals surface area contributed by atoms with Crippen LogP contribution in [0, 0.1) is 5.82 Å². The van der Waals surface area contributed by atoms with Crippen LogP contribution in [0.25, 0.3) is 0 Å². The van der Waals surface area contributed by atoms with Gasteiger partial charge >= 0.3 is 0 Å². The number of rotatable bonds is 12. The Morgan fingerprint density at radius 3 is 2.26 bits per heavy atom. The Labute approximate surface area is 205 Å². The van der Waals surface area contributed by atoms with Crippen molar-refractivity contribution in [2.75, 3.05) is 23.7 Å². The number of carbonyl (C=O) groups excluding carboxylic acids is 2. The Bertz CT molecular complexity index is 1060. The van der Waals surface area contributed by atoms with Crippen LogP contribution in [0.5, 0.6) is 0 Å². The molecule has 2 amide bonds. The first kappa shape index (κ1) is 27.6. The summed E-state index contributed by atoms with van der Waals surface area (Å²) in [6.45, 7) is 4.37. The molecule has 10 heteroatoms. The van der Waals surface area contributed by atoms with Crippen molar-refractivity contribution in [2.45, 2.75) is 45.7 Å². The molecular formula is C24H31ClFN3O4S. The van der Waals surface area contributed by atoms with Gasteiger partial charge in [-0.05, 0) is 61.7 Å². The van der Waals surface area contributed by atoms with Gasteiger partial charge in [-0.3, -0.25) is 13.9 Å². The normalized spacial score (nSPS) is 12.1. The van der Waals surface area contributed by atoms with E-state index in [1.54, 1.807) is 31.2 Å². The van der Waals surface area contributed by atoms with E-state index in [9.17, 15) is 22.4 Å². The highest BCUT2D eigenvalue weighted by atomic mass is 35.5. The number of nitrogens with zero attached hydrogens (tertiary/aromatic N) is 2. The van der Waals surface area contributed by atoms with Gasteiger partial charge in [0.25, 0.3) is 0 Å². The van der Waals surface area contributed by atoms with Gasteiger partial charge in [-0.25, -0.2) is 12.8 Å². The zero-order valence-corrected chi connectivity index (χ0v) is 21.2. The van der Waals surface area contributed by atoms with E-state index in [1.807, 2.05) is 6.92 Å². The lowest BCUT2D eigenvalue weighted by molar-refractivity contribution is -0.140. The summed E-state index contributed by atoms with van der Waals surface area (Å²) in [6, 6.07) is 11.4. The predicted molar refractivity (Wildman–Crippen MR) is 133 cm³/mol. The van der Waals surface area contributed by atoms with Gasteiger partial charge in [0, 0.05) is 31.1 Å². The van der Waals surface area contributed by atoms with Crippen LogP contribution in [-0.2, 0) is 26.2 Å². The first-order valence-corrected chi connectivity index (χ1v) is 13.3. The van der Waals surface area contributed by atoms with E-state index in [1.165, 1.54) is 29.2 Å². The number of hydrogen-bond donors (Lipinski definition) is 1. The lowest BCUT2D eigenvalue weighted by Gasteiger charge is -2.29. The van der Waals surface area contributed by atoms with Crippen LogP contribution in [-0.4, -0.2) is 50.5 Å². The Morgan fingerprint density at radius 2 is 1.71 bits per heavy atom. The number of amides is 2. The average molecular weight is 512 g/mol. The highest BCUT2D eigenvalue weighted by molar-refractivity contribution is 7.92. The van der Waals surface area contributed by atoms with Crippen molar-refractivity contribution in [3.63, 3.8) is 0 Å². The molecule has 0 saturated carbocycles. The number of sulfonamides is 1. The summed E-state index contributed by atoms with van der Waals surface area (Å²) >= 11 is 5.96. The molecule has 2 aromatic rings. The Balaban J connectivity index is 2.13. The maximum Gasteiger partial charge on any atom is 0.242 e. The molecule has 0 aliphatic heterocycles. The highest BCUT2D eigenvalue weighted by Crippen LogP contribution is 2.20. The Kier molecular flexibility index (Phi) is 10.3. The minimum atomic E-state index is -3.63. The number of halogens is 2. The van der Waals surface area contributed by atoms with Gasteiger partial charge in [0.2, 0.25) is 21.8 Å². The maximum atomic E-state index is 13.3. The van der Waals surface area contributed by atoms with E-state index in [2.05, 4.69) is 5.32 Å². The highest BCUT2D eigenvalue weighted by Gasteiger charge is 2.26. The van der Waals surface area contributed by atoms with Gasteiger partial charge in [-0.2, -0.15) is 0 Å². The van der Waals surface area contributed by atoms with Crippen LogP contribution >= 0.6 is 11.6 Å². The molecule has 1 unspecified atom stereocenters. The van der Waals surface area contributed by atoms with E-state index in [0.717, 1.165) is 22.5 Å². The third kappa shape index (κ3) is 8.29. The van der Waals surface area contributed by atoms with Crippen molar-refractivity contribution >= 4 is 39.1 Å². The molecule has 0 spiro atoms. The molecule has 1 N–H and O–H groups in total. The fraction of sp³-hybridized carbons (Fsp3) is 0.417. The molecule has 0 heterocycles. The van der Waals surface area contributed by atoms with Crippen LogP contribution in [0.15, 0.2) is 48.5 Å². The first-order valence-electron chi connectivity index (χ1n) is 11.1. The fourth-order valence-corrected chi connectivity index (χ4v) is 4.47. The number of hydrogen-bond acceptors (Lipinski definition) is 4. The largest absolute Gasteiger partial charge is 0.354 e. The van der Waals surface area contributed by atoms with Gasteiger partial charge in [-0.15, -0.1) is 0 Å². The molecule has 2 aromatic carbocycles. The van der Waals surface area contributed by atoms with Gasteiger partial charge in [0.05, 0.1) is 11.9 Å². The predicted octanol–water partition coefficient (Wildman–Crippen LogP) is 3.97. The van der Waals surface area contributed by atoms with Crippen LogP contribution in [0.1, 0.15) is 38.7 Å². The van der Waals surface area contributed by atoms with Crippen molar-refractivity contribution in [1.82, 2.24) is 10.2 Å². The molecule has 1 atom stereocenters. The minimum absolute atomic E-state index is 0.0339. The van der Waals surface area contributed by atoms with Crippen molar-refractivity contribution < 1.29 is 22.4 Å². The molecule has 0 saturated heterocycles. The summed E-state index contributed by atoms with van der Waals surface area (Å²) in [5.74, 6) is -1.00. The van der Waals surface area contributed by atoms with Gasteiger partial charge in [-0.1, -0.05) is 30.7 Å². The molecular weight excluding hydrogens is 481 g/mol. The van der Waals surface area contributed by atoms with Gasteiger partial charge in [0.15, 0.2) is 0 Å². The zero-order valence-electron chi connectivity index (χ0n) is 19.6. The lowest BCUT2D eigenvalue weighted by atomic mass is 10.1. The SMILES string of the molecule is CCCNC(=O)C(C)N(Cc1ccc(Cl)cc1)C(=O)CCCN(c1ccc(F)cc1)S(C)(=O)=O. The third-order valence-electron chi connectivity index (χ3n) is 5.25.